The van der Waals surface area contributed by atoms with Gasteiger partial charge in [-0.2, -0.15) is 0 Å². The highest BCUT2D eigenvalue weighted by atomic mass is 19.1. The van der Waals surface area contributed by atoms with Crippen LogP contribution in [0.15, 0.2) is 0 Å². The molecule has 0 aromatic carbocycles. The van der Waals surface area contributed by atoms with Gasteiger partial charge in [-0.05, 0) is 7.05 Å². The molecule has 0 aromatic rings. The quantitative estimate of drug-likeness (QED) is 0.236. The number of carbonyl (C=O) groups is 1. The average molecular weight is 412 g/mol. The minimum Gasteiger partial charge on any atom is -0.378 e. The minimum absolute atomic E-state index is 0.0381. The first-order valence-electron chi connectivity index (χ1n) is 9.66. The van der Waals surface area contributed by atoms with E-state index in [0.29, 0.717) is 72.7 Å². The molecule has 0 rings (SSSR count). The summed E-state index contributed by atoms with van der Waals surface area (Å²) in [5.41, 5.74) is 0. The molecule has 0 aliphatic rings. The Morgan fingerprint density at radius 2 is 1.14 bits per heavy atom. The smallest absolute Gasteiger partial charge is 0.216 e. The van der Waals surface area contributed by atoms with Crippen LogP contribution in [0.5, 0.6) is 0 Å². The summed E-state index contributed by atoms with van der Waals surface area (Å²) in [6.45, 7) is 7.49. The summed E-state index contributed by atoms with van der Waals surface area (Å²) in [6.07, 6.45) is -1.21. The number of hydrogen-bond donors (Lipinski definition) is 2. The van der Waals surface area contributed by atoms with E-state index in [1.807, 2.05) is 7.05 Å². The first-order valence-corrected chi connectivity index (χ1v) is 9.66. The number of hydrogen-bond acceptors (Lipinski definition) is 8. The van der Waals surface area contributed by atoms with Crippen LogP contribution in [0.2, 0.25) is 0 Å². The first kappa shape index (κ1) is 27.1. The molecule has 0 aliphatic carbocycles. The summed E-state index contributed by atoms with van der Waals surface area (Å²) < 4.78 is 45.1. The number of alkyl halides is 1. The van der Waals surface area contributed by atoms with Gasteiger partial charge in [-0.15, -0.1) is 0 Å². The van der Waals surface area contributed by atoms with Crippen LogP contribution in [-0.2, 0) is 33.2 Å². The molecule has 0 fully saturated rings. The van der Waals surface area contributed by atoms with Gasteiger partial charge < -0.3 is 39.1 Å². The van der Waals surface area contributed by atoms with E-state index in [1.54, 1.807) is 0 Å². The molecule has 0 radical (unpaired) electrons. The summed E-state index contributed by atoms with van der Waals surface area (Å²) in [4.78, 5) is 10.6. The third-order valence-corrected chi connectivity index (χ3v) is 3.23. The molecule has 0 saturated carbocycles. The van der Waals surface area contributed by atoms with Gasteiger partial charge in [-0.3, -0.25) is 4.79 Å². The standard InChI is InChI=1S/C18H37FN2O7/c1-17(22)21-15-18(19)16-28-14-13-27-12-11-26-10-9-25-8-7-24-6-5-23-4-3-20-2/h18,20H,3-16H2,1-2H3,(H,21,22). The SMILES string of the molecule is CNCCOCCOCCOCCOCCOCCOCC(F)CNC(C)=O. The highest BCUT2D eigenvalue weighted by molar-refractivity contribution is 5.72. The second-order valence-electron chi connectivity index (χ2n) is 5.77. The second kappa shape index (κ2) is 22.4. The number of halogens is 1. The molecule has 0 spiro atoms. The lowest BCUT2D eigenvalue weighted by Gasteiger charge is -2.10. The van der Waals surface area contributed by atoms with Crippen LogP contribution < -0.4 is 10.6 Å². The minimum atomic E-state index is -1.21. The number of rotatable bonds is 22. The summed E-state index contributed by atoms with van der Waals surface area (Å²) in [5, 5.41) is 5.39. The second-order valence-corrected chi connectivity index (χ2v) is 5.77. The van der Waals surface area contributed by atoms with Crippen LogP contribution in [0.1, 0.15) is 6.92 Å². The number of ether oxygens (including phenoxy) is 6. The van der Waals surface area contributed by atoms with Gasteiger partial charge in [0.1, 0.15) is 6.17 Å². The zero-order valence-corrected chi connectivity index (χ0v) is 17.2. The predicted octanol–water partition coefficient (Wildman–Crippen LogP) is -0.220. The maximum Gasteiger partial charge on any atom is 0.216 e. The first-order chi connectivity index (χ1) is 13.7. The van der Waals surface area contributed by atoms with Gasteiger partial charge in [-0.1, -0.05) is 0 Å². The average Bonchev–Trinajstić information content (AvgIpc) is 2.68. The zero-order chi connectivity index (χ0) is 20.7. The summed E-state index contributed by atoms with van der Waals surface area (Å²) in [6, 6.07) is 0. The van der Waals surface area contributed by atoms with Crippen LogP contribution in [-0.4, -0.2) is 111 Å². The molecule has 0 aliphatic heterocycles. The van der Waals surface area contributed by atoms with E-state index in [2.05, 4.69) is 10.6 Å². The number of amides is 1. The summed E-state index contributed by atoms with van der Waals surface area (Å²) in [5.74, 6) is -0.258. The normalized spacial score (nSPS) is 12.2. The van der Waals surface area contributed by atoms with Crippen molar-refractivity contribution >= 4 is 5.91 Å². The van der Waals surface area contributed by atoms with Crippen molar-refractivity contribution < 1.29 is 37.6 Å². The Balaban J connectivity index is 3.07. The van der Waals surface area contributed by atoms with Gasteiger partial charge in [0.05, 0.1) is 85.8 Å². The highest BCUT2D eigenvalue weighted by Crippen LogP contribution is 1.91. The maximum absolute atomic E-state index is 13.3. The van der Waals surface area contributed by atoms with E-state index in [4.69, 9.17) is 28.4 Å². The van der Waals surface area contributed by atoms with Crippen LogP contribution in [0, 0.1) is 0 Å². The van der Waals surface area contributed by atoms with Gasteiger partial charge in [0.25, 0.3) is 0 Å². The van der Waals surface area contributed by atoms with Crippen molar-refractivity contribution in [3.05, 3.63) is 0 Å². The van der Waals surface area contributed by atoms with Gasteiger partial charge in [0, 0.05) is 13.5 Å². The van der Waals surface area contributed by atoms with Gasteiger partial charge in [0.2, 0.25) is 5.91 Å². The Kier molecular flexibility index (Phi) is 21.7. The van der Waals surface area contributed by atoms with E-state index in [-0.39, 0.29) is 19.1 Å². The molecule has 0 heterocycles. The topological polar surface area (TPSA) is 96.5 Å². The molecule has 1 unspecified atom stereocenters. The van der Waals surface area contributed by atoms with Gasteiger partial charge in [-0.25, -0.2) is 4.39 Å². The van der Waals surface area contributed by atoms with Crippen molar-refractivity contribution in [2.45, 2.75) is 13.1 Å². The van der Waals surface area contributed by atoms with Crippen molar-refractivity contribution in [3.8, 4) is 0 Å². The van der Waals surface area contributed by atoms with Gasteiger partial charge >= 0.3 is 0 Å². The molecule has 0 bridgehead atoms. The molecule has 28 heavy (non-hydrogen) atoms. The van der Waals surface area contributed by atoms with E-state index in [9.17, 15) is 9.18 Å². The lowest BCUT2D eigenvalue weighted by molar-refractivity contribution is -0.119. The summed E-state index contributed by atoms with van der Waals surface area (Å²) in [7, 11) is 1.88. The fourth-order valence-corrected chi connectivity index (χ4v) is 1.80. The third-order valence-electron chi connectivity index (χ3n) is 3.23. The Morgan fingerprint density at radius 3 is 1.54 bits per heavy atom. The molecule has 0 saturated heterocycles. The molecule has 1 atom stereocenters. The van der Waals surface area contributed by atoms with Crippen molar-refractivity contribution in [1.29, 1.82) is 0 Å². The van der Waals surface area contributed by atoms with Crippen LogP contribution in [0.3, 0.4) is 0 Å². The van der Waals surface area contributed by atoms with Crippen molar-refractivity contribution in [2.75, 3.05) is 99.4 Å². The molecule has 168 valence electrons. The van der Waals surface area contributed by atoms with Gasteiger partial charge in [0.15, 0.2) is 0 Å². The Labute approximate surface area is 167 Å². The Hall–Kier alpha value is -0.880. The monoisotopic (exact) mass is 412 g/mol. The molecular formula is C18H37FN2O7. The Bertz CT molecular complexity index is 341. The van der Waals surface area contributed by atoms with E-state index >= 15 is 0 Å². The number of nitrogens with one attached hydrogen (secondary N) is 2. The van der Waals surface area contributed by atoms with Crippen LogP contribution >= 0.6 is 0 Å². The molecule has 0 aromatic heterocycles. The predicted molar refractivity (Wildman–Crippen MR) is 102 cm³/mol. The Morgan fingerprint density at radius 1 is 0.750 bits per heavy atom. The molecule has 9 nitrogen and oxygen atoms in total. The molecular weight excluding hydrogens is 375 g/mol. The fourth-order valence-electron chi connectivity index (χ4n) is 1.80. The van der Waals surface area contributed by atoms with E-state index in [1.165, 1.54) is 6.92 Å². The highest BCUT2D eigenvalue weighted by Gasteiger charge is 2.06. The van der Waals surface area contributed by atoms with Crippen molar-refractivity contribution in [1.82, 2.24) is 10.6 Å². The zero-order valence-electron chi connectivity index (χ0n) is 17.2. The lowest BCUT2D eigenvalue weighted by atomic mass is 10.4. The number of carbonyl (C=O) groups excluding carboxylic acids is 1. The van der Waals surface area contributed by atoms with Crippen molar-refractivity contribution in [2.24, 2.45) is 0 Å². The maximum atomic E-state index is 13.3. The van der Waals surface area contributed by atoms with Crippen molar-refractivity contribution in [3.63, 3.8) is 0 Å². The molecule has 2 N–H and O–H groups in total. The molecule has 1 amide bonds. The lowest BCUT2D eigenvalue weighted by Crippen LogP contribution is -2.30. The van der Waals surface area contributed by atoms with Crippen LogP contribution in [0.4, 0.5) is 4.39 Å². The van der Waals surface area contributed by atoms with E-state index in [0.717, 1.165) is 6.54 Å². The summed E-state index contributed by atoms with van der Waals surface area (Å²) >= 11 is 0. The van der Waals surface area contributed by atoms with E-state index < -0.39 is 6.17 Å². The van der Waals surface area contributed by atoms with Crippen LogP contribution in [0.25, 0.3) is 0 Å². The third kappa shape index (κ3) is 23.2. The largest absolute Gasteiger partial charge is 0.378 e. The molecule has 10 heteroatoms. The fraction of sp³-hybridized carbons (Fsp3) is 0.944. The number of likely N-dealkylation sites (N-methyl/N-ethyl adjacent to an activating group) is 1.